The van der Waals surface area contributed by atoms with Crippen LogP contribution in [-0.2, 0) is 11.8 Å². The molecule has 2 aromatic heterocycles. The SMILES string of the molecule is Cn1ccnc1-c1noc(C2CCC(=O)CC2)n1. The Balaban J connectivity index is 1.82. The molecule has 0 aliphatic heterocycles. The normalized spacial score (nSPS) is 17.3. The van der Waals surface area contributed by atoms with Crippen LogP contribution in [0.1, 0.15) is 37.5 Å². The maximum atomic E-state index is 11.2. The molecule has 6 nitrogen and oxygen atoms in total. The summed E-state index contributed by atoms with van der Waals surface area (Å²) < 4.78 is 7.14. The first-order valence-corrected chi connectivity index (χ1v) is 6.07. The van der Waals surface area contributed by atoms with Gasteiger partial charge in [0.15, 0.2) is 5.82 Å². The molecule has 0 N–H and O–H groups in total. The van der Waals surface area contributed by atoms with Gasteiger partial charge >= 0.3 is 0 Å². The van der Waals surface area contributed by atoms with Gasteiger partial charge in [-0.2, -0.15) is 4.98 Å². The fourth-order valence-corrected chi connectivity index (χ4v) is 2.26. The van der Waals surface area contributed by atoms with E-state index in [1.54, 1.807) is 6.20 Å². The molecule has 1 aliphatic rings. The Kier molecular flexibility index (Phi) is 2.70. The lowest BCUT2D eigenvalue weighted by atomic mass is 9.88. The molecule has 18 heavy (non-hydrogen) atoms. The van der Waals surface area contributed by atoms with Gasteiger partial charge in [-0.15, -0.1) is 0 Å². The summed E-state index contributed by atoms with van der Waals surface area (Å²) in [5.74, 6) is 2.37. The number of imidazole rings is 1. The summed E-state index contributed by atoms with van der Waals surface area (Å²) in [5.41, 5.74) is 0. The Morgan fingerprint density at radius 3 is 2.83 bits per heavy atom. The molecule has 1 fully saturated rings. The average molecular weight is 246 g/mol. The van der Waals surface area contributed by atoms with Crippen molar-refractivity contribution < 1.29 is 9.32 Å². The minimum Gasteiger partial charge on any atom is -0.339 e. The van der Waals surface area contributed by atoms with Crippen molar-refractivity contribution in [3.63, 3.8) is 0 Å². The highest BCUT2D eigenvalue weighted by Gasteiger charge is 2.25. The van der Waals surface area contributed by atoms with Gasteiger partial charge in [0, 0.05) is 38.2 Å². The topological polar surface area (TPSA) is 73.8 Å². The van der Waals surface area contributed by atoms with Crippen LogP contribution in [0.25, 0.3) is 11.6 Å². The summed E-state index contributed by atoms with van der Waals surface area (Å²) in [6.45, 7) is 0. The molecule has 0 saturated heterocycles. The number of ketones is 1. The number of hydrogen-bond donors (Lipinski definition) is 0. The number of carbonyl (C=O) groups excluding carboxylic acids is 1. The predicted octanol–water partition coefficient (Wildman–Crippen LogP) is 1.70. The molecule has 0 aromatic carbocycles. The van der Waals surface area contributed by atoms with Crippen molar-refractivity contribution in [3.05, 3.63) is 18.3 Å². The Hall–Kier alpha value is -1.98. The standard InChI is InChI=1S/C12H14N4O2/c1-16-7-6-13-11(16)10-14-12(18-15-10)8-2-4-9(17)5-3-8/h6-8H,2-5H2,1H3. The van der Waals surface area contributed by atoms with E-state index in [-0.39, 0.29) is 5.92 Å². The van der Waals surface area contributed by atoms with Crippen molar-refractivity contribution in [1.29, 1.82) is 0 Å². The molecule has 1 aliphatic carbocycles. The van der Waals surface area contributed by atoms with Gasteiger partial charge in [0.25, 0.3) is 0 Å². The Labute approximate surface area is 104 Å². The van der Waals surface area contributed by atoms with Gasteiger partial charge in [0.1, 0.15) is 5.78 Å². The summed E-state index contributed by atoms with van der Waals surface area (Å²) in [6, 6.07) is 0. The number of nitrogens with zero attached hydrogens (tertiary/aromatic N) is 4. The zero-order valence-electron chi connectivity index (χ0n) is 10.2. The van der Waals surface area contributed by atoms with E-state index in [0.717, 1.165) is 12.8 Å². The van der Waals surface area contributed by atoms with Crippen LogP contribution >= 0.6 is 0 Å². The minimum absolute atomic E-state index is 0.212. The van der Waals surface area contributed by atoms with Gasteiger partial charge in [-0.3, -0.25) is 4.79 Å². The third kappa shape index (κ3) is 1.94. The highest BCUT2D eigenvalue weighted by Crippen LogP contribution is 2.30. The second-order valence-corrected chi connectivity index (χ2v) is 4.63. The summed E-state index contributed by atoms with van der Waals surface area (Å²) in [4.78, 5) is 19.8. The quantitative estimate of drug-likeness (QED) is 0.806. The Morgan fingerprint density at radius 2 is 2.17 bits per heavy atom. The van der Waals surface area contributed by atoms with Crippen LogP contribution in [0.5, 0.6) is 0 Å². The highest BCUT2D eigenvalue weighted by molar-refractivity contribution is 5.79. The average Bonchev–Trinajstić information content (AvgIpc) is 2.98. The lowest BCUT2D eigenvalue weighted by molar-refractivity contribution is -0.120. The van der Waals surface area contributed by atoms with E-state index in [9.17, 15) is 4.79 Å². The first-order valence-electron chi connectivity index (χ1n) is 6.07. The number of hydrogen-bond acceptors (Lipinski definition) is 5. The molecule has 0 unspecified atom stereocenters. The zero-order valence-corrected chi connectivity index (χ0v) is 10.2. The molecule has 2 heterocycles. The van der Waals surface area contributed by atoms with Crippen molar-refractivity contribution in [2.45, 2.75) is 31.6 Å². The predicted molar refractivity (Wildman–Crippen MR) is 62.7 cm³/mol. The van der Waals surface area contributed by atoms with Crippen molar-refractivity contribution in [2.75, 3.05) is 0 Å². The van der Waals surface area contributed by atoms with E-state index in [1.807, 2.05) is 17.8 Å². The third-order valence-corrected chi connectivity index (χ3v) is 3.36. The molecule has 0 spiro atoms. The largest absolute Gasteiger partial charge is 0.339 e. The maximum absolute atomic E-state index is 11.2. The van der Waals surface area contributed by atoms with Crippen LogP contribution in [0.15, 0.2) is 16.9 Å². The number of carbonyl (C=O) groups is 1. The zero-order chi connectivity index (χ0) is 12.5. The van der Waals surface area contributed by atoms with Crippen LogP contribution in [0.2, 0.25) is 0 Å². The smallest absolute Gasteiger partial charge is 0.238 e. The molecule has 3 rings (SSSR count). The fraction of sp³-hybridized carbons (Fsp3) is 0.500. The Morgan fingerprint density at radius 1 is 1.39 bits per heavy atom. The number of Topliss-reactive ketones (excluding diaryl/α,β-unsaturated/α-hetero) is 1. The molecule has 94 valence electrons. The van der Waals surface area contributed by atoms with E-state index < -0.39 is 0 Å². The summed E-state index contributed by atoms with van der Waals surface area (Å²) in [5, 5.41) is 3.96. The minimum atomic E-state index is 0.212. The molecule has 1 saturated carbocycles. The number of rotatable bonds is 2. The molecule has 0 atom stereocenters. The fourth-order valence-electron chi connectivity index (χ4n) is 2.26. The number of aromatic nitrogens is 4. The van der Waals surface area contributed by atoms with Gasteiger partial charge in [-0.25, -0.2) is 4.98 Å². The van der Waals surface area contributed by atoms with Crippen LogP contribution in [0.4, 0.5) is 0 Å². The molecule has 0 bridgehead atoms. The van der Waals surface area contributed by atoms with E-state index >= 15 is 0 Å². The maximum Gasteiger partial charge on any atom is 0.238 e. The summed E-state index contributed by atoms with van der Waals surface area (Å²) in [7, 11) is 1.89. The summed E-state index contributed by atoms with van der Waals surface area (Å²) >= 11 is 0. The third-order valence-electron chi connectivity index (χ3n) is 3.36. The van der Waals surface area contributed by atoms with E-state index in [1.165, 1.54) is 0 Å². The van der Waals surface area contributed by atoms with Crippen molar-refractivity contribution in [2.24, 2.45) is 7.05 Å². The van der Waals surface area contributed by atoms with Crippen LogP contribution < -0.4 is 0 Å². The lowest BCUT2D eigenvalue weighted by Crippen LogP contribution is -2.12. The molecule has 0 amide bonds. The van der Waals surface area contributed by atoms with Crippen molar-refractivity contribution in [3.8, 4) is 11.6 Å². The van der Waals surface area contributed by atoms with Crippen molar-refractivity contribution in [1.82, 2.24) is 19.7 Å². The van der Waals surface area contributed by atoms with E-state index in [0.29, 0.717) is 36.2 Å². The first-order chi connectivity index (χ1) is 8.74. The van der Waals surface area contributed by atoms with E-state index in [2.05, 4.69) is 15.1 Å². The molecular weight excluding hydrogens is 232 g/mol. The monoisotopic (exact) mass is 246 g/mol. The molecule has 2 aromatic rings. The first kappa shape index (κ1) is 11.1. The molecule has 6 heteroatoms. The second kappa shape index (κ2) is 4.36. The van der Waals surface area contributed by atoms with Crippen LogP contribution in [0.3, 0.4) is 0 Å². The van der Waals surface area contributed by atoms with Gasteiger partial charge < -0.3 is 9.09 Å². The highest BCUT2D eigenvalue weighted by atomic mass is 16.5. The van der Waals surface area contributed by atoms with Crippen LogP contribution in [0, 0.1) is 0 Å². The van der Waals surface area contributed by atoms with Crippen molar-refractivity contribution >= 4 is 5.78 Å². The second-order valence-electron chi connectivity index (χ2n) is 4.63. The van der Waals surface area contributed by atoms with Gasteiger partial charge in [0.05, 0.1) is 0 Å². The molecular formula is C12H14N4O2. The van der Waals surface area contributed by atoms with Gasteiger partial charge in [0.2, 0.25) is 11.7 Å². The van der Waals surface area contributed by atoms with Gasteiger partial charge in [-0.1, -0.05) is 5.16 Å². The lowest BCUT2D eigenvalue weighted by Gasteiger charge is -2.16. The Bertz CT molecular complexity index is 562. The van der Waals surface area contributed by atoms with Gasteiger partial charge in [-0.05, 0) is 12.8 Å². The summed E-state index contributed by atoms with van der Waals surface area (Å²) in [6.07, 6.45) is 6.38. The van der Waals surface area contributed by atoms with E-state index in [4.69, 9.17) is 4.52 Å². The molecule has 0 radical (unpaired) electrons. The van der Waals surface area contributed by atoms with Crippen LogP contribution in [-0.4, -0.2) is 25.5 Å². The number of aryl methyl sites for hydroxylation is 1.